The van der Waals surface area contributed by atoms with Crippen molar-refractivity contribution in [2.45, 2.75) is 31.0 Å². The van der Waals surface area contributed by atoms with E-state index in [0.717, 1.165) is 29.0 Å². The number of halogens is 3. The fourth-order valence-corrected chi connectivity index (χ4v) is 5.16. The number of para-hydroxylation sites is 1. The number of aliphatic hydroxyl groups excluding tert-OH is 1. The van der Waals surface area contributed by atoms with Crippen LogP contribution in [0.5, 0.6) is 5.75 Å². The van der Waals surface area contributed by atoms with Crippen LogP contribution in [0.1, 0.15) is 16.7 Å². The van der Waals surface area contributed by atoms with Crippen LogP contribution in [0.4, 0.5) is 13.2 Å². The Labute approximate surface area is 186 Å². The SMILES string of the molecule is Cc1cccc(C)c1OCC(O)CN1CCN(S(=O)(=O)c2cccc(C(F)(F)F)c2)CC1. The lowest BCUT2D eigenvalue weighted by Crippen LogP contribution is -2.50. The molecule has 1 heterocycles. The summed E-state index contributed by atoms with van der Waals surface area (Å²) in [6.45, 7) is 5.25. The molecule has 1 aliphatic heterocycles. The fraction of sp³-hybridized carbons (Fsp3) is 0.455. The average molecular weight is 473 g/mol. The number of sulfonamides is 1. The first-order chi connectivity index (χ1) is 15.0. The van der Waals surface area contributed by atoms with E-state index in [1.54, 1.807) is 0 Å². The quantitative estimate of drug-likeness (QED) is 0.671. The molecule has 0 saturated carbocycles. The Hall–Kier alpha value is -2.14. The van der Waals surface area contributed by atoms with Crippen molar-refractivity contribution in [1.29, 1.82) is 0 Å². The van der Waals surface area contributed by atoms with Crippen LogP contribution in [-0.2, 0) is 16.2 Å². The lowest BCUT2D eigenvalue weighted by Gasteiger charge is -2.35. The second-order valence-corrected chi connectivity index (χ2v) is 9.85. The van der Waals surface area contributed by atoms with Gasteiger partial charge >= 0.3 is 6.18 Å². The molecule has 0 amide bonds. The molecule has 2 aromatic carbocycles. The maximum Gasteiger partial charge on any atom is 0.416 e. The highest BCUT2D eigenvalue weighted by Crippen LogP contribution is 2.31. The molecule has 176 valence electrons. The van der Waals surface area contributed by atoms with Gasteiger partial charge in [-0.05, 0) is 43.2 Å². The standard InChI is InChI=1S/C22H27F3N2O4S/c1-16-5-3-6-17(2)21(16)31-15-19(28)14-26-9-11-27(12-10-26)32(29,30)20-8-4-7-18(13-20)22(23,24)25/h3-8,13,19,28H,9-12,14-15H2,1-2H3. The Morgan fingerprint density at radius 3 is 2.22 bits per heavy atom. The minimum absolute atomic E-state index is 0.106. The normalized spacial score (nSPS) is 17.3. The molecule has 6 nitrogen and oxygen atoms in total. The average Bonchev–Trinajstić information content (AvgIpc) is 2.73. The number of hydrogen-bond donors (Lipinski definition) is 1. The highest BCUT2D eigenvalue weighted by molar-refractivity contribution is 7.89. The first-order valence-electron chi connectivity index (χ1n) is 10.3. The Bertz CT molecular complexity index is 1020. The molecular weight excluding hydrogens is 445 g/mol. The number of nitrogens with zero attached hydrogens (tertiary/aromatic N) is 2. The molecule has 10 heteroatoms. The van der Waals surface area contributed by atoms with Gasteiger partial charge in [0.1, 0.15) is 18.5 Å². The van der Waals surface area contributed by atoms with E-state index in [4.69, 9.17) is 4.74 Å². The second-order valence-electron chi connectivity index (χ2n) is 7.92. The summed E-state index contributed by atoms with van der Waals surface area (Å²) in [5.74, 6) is 0.739. The lowest BCUT2D eigenvalue weighted by molar-refractivity contribution is -0.137. The predicted molar refractivity (Wildman–Crippen MR) is 114 cm³/mol. The van der Waals surface area contributed by atoms with E-state index >= 15 is 0 Å². The third-order valence-electron chi connectivity index (χ3n) is 5.43. The number of alkyl halides is 3. The van der Waals surface area contributed by atoms with Crippen LogP contribution in [0.2, 0.25) is 0 Å². The monoisotopic (exact) mass is 472 g/mol. The van der Waals surface area contributed by atoms with Crippen molar-refractivity contribution < 1.29 is 31.4 Å². The largest absolute Gasteiger partial charge is 0.490 e. The van der Waals surface area contributed by atoms with Crippen LogP contribution in [0.3, 0.4) is 0 Å². The smallest absolute Gasteiger partial charge is 0.416 e. The van der Waals surface area contributed by atoms with Gasteiger partial charge in [0.2, 0.25) is 10.0 Å². The van der Waals surface area contributed by atoms with E-state index in [2.05, 4.69) is 0 Å². The van der Waals surface area contributed by atoms with Crippen molar-refractivity contribution in [3.05, 3.63) is 59.2 Å². The lowest BCUT2D eigenvalue weighted by atomic mass is 10.1. The van der Waals surface area contributed by atoms with Crippen molar-refractivity contribution in [2.75, 3.05) is 39.3 Å². The molecule has 1 aliphatic rings. The van der Waals surface area contributed by atoms with Crippen LogP contribution >= 0.6 is 0 Å². The van der Waals surface area contributed by atoms with E-state index in [1.165, 1.54) is 10.4 Å². The first kappa shape index (κ1) is 24.5. The summed E-state index contributed by atoms with van der Waals surface area (Å²) in [6.07, 6.45) is -5.38. The van der Waals surface area contributed by atoms with Crippen molar-refractivity contribution in [3.63, 3.8) is 0 Å². The summed E-state index contributed by atoms with van der Waals surface area (Å²) in [5.41, 5.74) is 0.959. The van der Waals surface area contributed by atoms with Crippen LogP contribution in [0, 0.1) is 13.8 Å². The van der Waals surface area contributed by atoms with Gasteiger partial charge in [-0.2, -0.15) is 17.5 Å². The molecule has 0 aliphatic carbocycles. The molecule has 32 heavy (non-hydrogen) atoms. The van der Waals surface area contributed by atoms with E-state index in [9.17, 15) is 26.7 Å². The Balaban J connectivity index is 1.54. The number of aliphatic hydroxyl groups is 1. The molecular formula is C22H27F3N2O4S. The van der Waals surface area contributed by atoms with Crippen LogP contribution < -0.4 is 4.74 Å². The van der Waals surface area contributed by atoms with E-state index in [1.807, 2.05) is 36.9 Å². The van der Waals surface area contributed by atoms with Gasteiger partial charge in [-0.25, -0.2) is 8.42 Å². The highest BCUT2D eigenvalue weighted by atomic mass is 32.2. The fourth-order valence-electron chi connectivity index (χ4n) is 3.69. The number of piperazine rings is 1. The summed E-state index contributed by atoms with van der Waals surface area (Å²) < 4.78 is 71.3. The number of benzene rings is 2. The maximum absolute atomic E-state index is 12.9. The minimum Gasteiger partial charge on any atom is -0.490 e. The second kappa shape index (κ2) is 9.78. The number of ether oxygens (including phenoxy) is 1. The van der Waals surface area contributed by atoms with Gasteiger partial charge in [0.05, 0.1) is 10.5 Å². The first-order valence-corrected chi connectivity index (χ1v) is 11.7. The molecule has 3 rings (SSSR count). The Kier molecular flexibility index (Phi) is 7.49. The van der Waals surface area contributed by atoms with Gasteiger partial charge < -0.3 is 9.84 Å². The van der Waals surface area contributed by atoms with Crippen molar-refractivity contribution in [1.82, 2.24) is 9.21 Å². The van der Waals surface area contributed by atoms with Gasteiger partial charge in [0.25, 0.3) is 0 Å². The van der Waals surface area contributed by atoms with Crippen LogP contribution in [0.15, 0.2) is 47.4 Å². The van der Waals surface area contributed by atoms with E-state index < -0.39 is 27.9 Å². The Morgan fingerprint density at radius 1 is 1.03 bits per heavy atom. The summed E-state index contributed by atoms with van der Waals surface area (Å²) >= 11 is 0. The predicted octanol–water partition coefficient (Wildman–Crippen LogP) is 3.07. The van der Waals surface area contributed by atoms with Crippen molar-refractivity contribution >= 4 is 10.0 Å². The molecule has 1 saturated heterocycles. The van der Waals surface area contributed by atoms with Gasteiger partial charge in [0.15, 0.2) is 0 Å². The summed E-state index contributed by atoms with van der Waals surface area (Å²) in [7, 11) is -4.03. The molecule has 1 unspecified atom stereocenters. The van der Waals surface area contributed by atoms with Gasteiger partial charge in [-0.3, -0.25) is 4.90 Å². The zero-order chi connectivity index (χ0) is 23.5. The van der Waals surface area contributed by atoms with E-state index in [0.29, 0.717) is 25.7 Å². The van der Waals surface area contributed by atoms with Gasteiger partial charge in [-0.15, -0.1) is 0 Å². The molecule has 0 aromatic heterocycles. The molecule has 0 bridgehead atoms. The molecule has 1 N–H and O–H groups in total. The zero-order valence-electron chi connectivity index (χ0n) is 18.0. The summed E-state index contributed by atoms with van der Waals surface area (Å²) in [5, 5.41) is 10.4. The molecule has 2 aromatic rings. The third kappa shape index (κ3) is 5.80. The highest BCUT2D eigenvalue weighted by Gasteiger charge is 2.34. The number of hydrogen-bond acceptors (Lipinski definition) is 5. The van der Waals surface area contributed by atoms with Gasteiger partial charge in [0, 0.05) is 32.7 Å². The molecule has 1 atom stereocenters. The minimum atomic E-state index is -4.61. The molecule has 1 fully saturated rings. The zero-order valence-corrected chi connectivity index (χ0v) is 18.8. The number of β-amino-alcohol motifs (C(OH)–C–C–N with tert-alkyl or cyclic N) is 1. The van der Waals surface area contributed by atoms with Crippen molar-refractivity contribution in [3.8, 4) is 5.75 Å². The van der Waals surface area contributed by atoms with Crippen molar-refractivity contribution in [2.24, 2.45) is 0 Å². The van der Waals surface area contributed by atoms with Crippen LogP contribution in [-0.4, -0.2) is 68.2 Å². The molecule has 0 spiro atoms. The molecule has 0 radical (unpaired) electrons. The summed E-state index contributed by atoms with van der Waals surface area (Å²) in [4.78, 5) is 1.54. The topological polar surface area (TPSA) is 70.1 Å². The number of aryl methyl sites for hydroxylation is 2. The van der Waals surface area contributed by atoms with E-state index in [-0.39, 0.29) is 24.6 Å². The van der Waals surface area contributed by atoms with Crippen LogP contribution in [0.25, 0.3) is 0 Å². The van der Waals surface area contributed by atoms with Gasteiger partial charge in [-0.1, -0.05) is 24.3 Å². The maximum atomic E-state index is 12.9. The third-order valence-corrected chi connectivity index (χ3v) is 7.32. The Morgan fingerprint density at radius 2 is 1.62 bits per heavy atom. The summed E-state index contributed by atoms with van der Waals surface area (Å²) in [6, 6.07) is 9.57. The number of rotatable bonds is 7.